The number of amides is 1. The molecule has 1 rings (SSSR count). The summed E-state index contributed by atoms with van der Waals surface area (Å²) in [7, 11) is -3.41. The number of carbonyl (C=O) groups excluding carboxylic acids is 1. The number of carbonyl (C=O) groups is 1. The Morgan fingerprint density at radius 2 is 1.86 bits per heavy atom. The van der Waals surface area contributed by atoms with Gasteiger partial charge in [-0.25, -0.2) is 12.8 Å². The third-order valence-corrected chi connectivity index (χ3v) is 4.27. The fraction of sp³-hybridized carbons (Fsp3) is 0.533. The van der Waals surface area contributed by atoms with Gasteiger partial charge in [0.1, 0.15) is 5.82 Å². The normalized spacial score (nSPS) is 11.9. The van der Waals surface area contributed by atoms with Crippen LogP contribution in [0.25, 0.3) is 0 Å². The molecule has 0 heterocycles. The Hall–Kier alpha value is -1.47. The zero-order valence-corrected chi connectivity index (χ0v) is 14.0. The molecule has 0 unspecified atom stereocenters. The number of hydrogen-bond acceptors (Lipinski definition) is 3. The lowest BCUT2D eigenvalue weighted by molar-refractivity contribution is -0.121. The van der Waals surface area contributed by atoms with Crippen LogP contribution in [0.4, 0.5) is 4.39 Å². The van der Waals surface area contributed by atoms with Gasteiger partial charge in [0.2, 0.25) is 15.9 Å². The van der Waals surface area contributed by atoms with E-state index >= 15 is 0 Å². The zero-order chi connectivity index (χ0) is 16.8. The van der Waals surface area contributed by atoms with E-state index in [0.717, 1.165) is 6.26 Å². The Labute approximate surface area is 131 Å². The number of benzene rings is 1. The summed E-state index contributed by atoms with van der Waals surface area (Å²) in [4.78, 5) is 11.6. The Kier molecular flexibility index (Phi) is 6.96. The van der Waals surface area contributed by atoms with E-state index < -0.39 is 10.0 Å². The van der Waals surface area contributed by atoms with Crippen LogP contribution in [0.1, 0.15) is 25.8 Å². The number of nitrogens with one attached hydrogen (secondary N) is 1. The summed E-state index contributed by atoms with van der Waals surface area (Å²) in [6.07, 6.45) is 1.53. The number of halogens is 1. The van der Waals surface area contributed by atoms with Crippen molar-refractivity contribution in [2.24, 2.45) is 5.92 Å². The Morgan fingerprint density at radius 1 is 1.27 bits per heavy atom. The van der Waals surface area contributed by atoms with Crippen LogP contribution < -0.4 is 5.32 Å². The first-order valence-electron chi connectivity index (χ1n) is 7.14. The first-order valence-corrected chi connectivity index (χ1v) is 8.99. The molecule has 1 amide bonds. The van der Waals surface area contributed by atoms with E-state index in [-0.39, 0.29) is 37.3 Å². The average Bonchev–Trinajstić information content (AvgIpc) is 2.38. The van der Waals surface area contributed by atoms with Gasteiger partial charge in [0.25, 0.3) is 0 Å². The van der Waals surface area contributed by atoms with Crippen LogP contribution >= 0.6 is 0 Å². The summed E-state index contributed by atoms with van der Waals surface area (Å²) in [6.45, 7) is 4.47. The van der Waals surface area contributed by atoms with Crippen LogP contribution in [-0.4, -0.2) is 38.0 Å². The molecule has 0 aliphatic heterocycles. The fourth-order valence-electron chi connectivity index (χ4n) is 1.92. The number of nitrogens with zero attached hydrogens (tertiary/aromatic N) is 1. The maximum absolute atomic E-state index is 12.9. The smallest absolute Gasteiger partial charge is 0.220 e. The maximum atomic E-state index is 12.9. The van der Waals surface area contributed by atoms with Crippen LogP contribution in [-0.2, 0) is 21.4 Å². The molecular weight excluding hydrogens is 307 g/mol. The molecule has 0 aliphatic carbocycles. The molecular formula is C15H23FN2O3S. The summed E-state index contributed by atoms with van der Waals surface area (Å²) in [5, 5.41) is 2.71. The predicted octanol–water partition coefficient (Wildman–Crippen LogP) is 1.75. The van der Waals surface area contributed by atoms with Crippen molar-refractivity contribution in [1.82, 2.24) is 9.62 Å². The van der Waals surface area contributed by atoms with Gasteiger partial charge in [0.15, 0.2) is 0 Å². The van der Waals surface area contributed by atoms with Gasteiger partial charge >= 0.3 is 0 Å². The standard InChI is InChI=1S/C15H23FN2O3S/c1-12(2)10-15(19)17-8-9-18(22(3,20)21)11-13-4-6-14(16)7-5-13/h4-7,12H,8-11H2,1-3H3,(H,17,19). The molecule has 0 aromatic heterocycles. The second-order valence-corrected chi connectivity index (χ2v) is 7.65. The molecule has 7 heteroatoms. The molecule has 124 valence electrons. The lowest BCUT2D eigenvalue weighted by Gasteiger charge is -2.20. The largest absolute Gasteiger partial charge is 0.355 e. The number of sulfonamides is 1. The van der Waals surface area contributed by atoms with Gasteiger partial charge in [-0.15, -0.1) is 0 Å². The van der Waals surface area contributed by atoms with E-state index in [2.05, 4.69) is 5.32 Å². The van der Waals surface area contributed by atoms with Gasteiger partial charge in [-0.1, -0.05) is 26.0 Å². The van der Waals surface area contributed by atoms with Crippen molar-refractivity contribution < 1.29 is 17.6 Å². The van der Waals surface area contributed by atoms with Crippen molar-refractivity contribution in [3.05, 3.63) is 35.6 Å². The van der Waals surface area contributed by atoms with E-state index in [9.17, 15) is 17.6 Å². The topological polar surface area (TPSA) is 66.5 Å². The van der Waals surface area contributed by atoms with Crippen LogP contribution in [0.2, 0.25) is 0 Å². The number of hydrogen-bond donors (Lipinski definition) is 1. The van der Waals surface area contributed by atoms with E-state index in [1.54, 1.807) is 12.1 Å². The van der Waals surface area contributed by atoms with Crippen molar-refractivity contribution in [1.29, 1.82) is 0 Å². The molecule has 0 spiro atoms. The highest BCUT2D eigenvalue weighted by atomic mass is 32.2. The van der Waals surface area contributed by atoms with Gasteiger partial charge in [0.05, 0.1) is 6.26 Å². The summed E-state index contributed by atoms with van der Waals surface area (Å²) in [6, 6.07) is 5.68. The van der Waals surface area contributed by atoms with Crippen molar-refractivity contribution in [2.75, 3.05) is 19.3 Å². The van der Waals surface area contributed by atoms with Crippen molar-refractivity contribution >= 4 is 15.9 Å². The van der Waals surface area contributed by atoms with E-state index in [1.807, 2.05) is 13.8 Å². The summed E-state index contributed by atoms with van der Waals surface area (Å²) < 4.78 is 37.7. The molecule has 0 aliphatic rings. The monoisotopic (exact) mass is 330 g/mol. The first-order chi connectivity index (χ1) is 10.2. The summed E-state index contributed by atoms with van der Waals surface area (Å²) in [5.41, 5.74) is 0.695. The van der Waals surface area contributed by atoms with Crippen LogP contribution in [0.15, 0.2) is 24.3 Å². The molecule has 0 fully saturated rings. The first kappa shape index (κ1) is 18.6. The lowest BCUT2D eigenvalue weighted by Crippen LogP contribution is -2.37. The zero-order valence-electron chi connectivity index (χ0n) is 13.2. The summed E-state index contributed by atoms with van der Waals surface area (Å²) in [5.74, 6) is -0.203. The van der Waals surface area contributed by atoms with Gasteiger partial charge in [-0.05, 0) is 23.6 Å². The average molecular weight is 330 g/mol. The minimum Gasteiger partial charge on any atom is -0.355 e. The Bertz CT molecular complexity index is 585. The van der Waals surface area contributed by atoms with Crippen molar-refractivity contribution in [3.8, 4) is 0 Å². The Balaban J connectivity index is 2.59. The van der Waals surface area contributed by atoms with Gasteiger partial charge < -0.3 is 5.32 Å². The molecule has 0 bridgehead atoms. The molecule has 0 radical (unpaired) electrons. The molecule has 5 nitrogen and oxygen atoms in total. The SMILES string of the molecule is CC(C)CC(=O)NCCN(Cc1ccc(F)cc1)S(C)(=O)=O. The lowest BCUT2D eigenvalue weighted by atomic mass is 10.1. The second-order valence-electron chi connectivity index (χ2n) is 5.67. The summed E-state index contributed by atoms with van der Waals surface area (Å²) >= 11 is 0. The van der Waals surface area contributed by atoms with Gasteiger partial charge in [-0.2, -0.15) is 4.31 Å². The van der Waals surface area contributed by atoms with Crippen LogP contribution in [0.5, 0.6) is 0 Å². The van der Waals surface area contributed by atoms with Crippen molar-refractivity contribution in [3.63, 3.8) is 0 Å². The third kappa shape index (κ3) is 7.00. The molecule has 0 saturated carbocycles. The van der Waals surface area contributed by atoms with E-state index in [4.69, 9.17) is 0 Å². The minimum absolute atomic E-state index is 0.0924. The molecule has 0 atom stereocenters. The van der Waals surface area contributed by atoms with Crippen LogP contribution in [0, 0.1) is 11.7 Å². The van der Waals surface area contributed by atoms with E-state index in [1.165, 1.54) is 16.4 Å². The second kappa shape index (κ2) is 8.24. The quantitative estimate of drug-likeness (QED) is 0.790. The van der Waals surface area contributed by atoms with Gasteiger partial charge in [0, 0.05) is 26.1 Å². The highest BCUT2D eigenvalue weighted by Crippen LogP contribution is 2.09. The predicted molar refractivity (Wildman–Crippen MR) is 84.1 cm³/mol. The third-order valence-electron chi connectivity index (χ3n) is 3.02. The molecule has 1 N–H and O–H groups in total. The molecule has 0 saturated heterocycles. The highest BCUT2D eigenvalue weighted by molar-refractivity contribution is 7.88. The fourth-order valence-corrected chi connectivity index (χ4v) is 2.73. The number of rotatable bonds is 8. The van der Waals surface area contributed by atoms with E-state index in [0.29, 0.717) is 12.0 Å². The molecule has 1 aromatic rings. The highest BCUT2D eigenvalue weighted by Gasteiger charge is 2.17. The molecule has 1 aromatic carbocycles. The van der Waals surface area contributed by atoms with Crippen molar-refractivity contribution in [2.45, 2.75) is 26.8 Å². The van der Waals surface area contributed by atoms with Gasteiger partial charge in [-0.3, -0.25) is 4.79 Å². The maximum Gasteiger partial charge on any atom is 0.220 e. The minimum atomic E-state index is -3.41. The molecule has 22 heavy (non-hydrogen) atoms. The van der Waals surface area contributed by atoms with Crippen LogP contribution in [0.3, 0.4) is 0 Å². The Morgan fingerprint density at radius 3 is 2.36 bits per heavy atom.